The Morgan fingerprint density at radius 3 is 2.06 bits per heavy atom. The summed E-state index contributed by atoms with van der Waals surface area (Å²) < 4.78 is 19.8. The van der Waals surface area contributed by atoms with E-state index in [0.717, 1.165) is 48.8 Å². The molecule has 3 rings (SSSR count). The Morgan fingerprint density at radius 1 is 0.771 bits per heavy atom. The van der Waals surface area contributed by atoms with Gasteiger partial charge in [0.1, 0.15) is 0 Å². The summed E-state index contributed by atoms with van der Waals surface area (Å²) in [6.07, 6.45) is 16.3. The van der Waals surface area contributed by atoms with Gasteiger partial charge in [-0.05, 0) is 61.1 Å². The monoisotopic (exact) mass is 476 g/mol. The Kier molecular flexibility index (Phi) is 10.9. The smallest absolute Gasteiger partial charge is 0.343 e. The minimum atomic E-state index is -0.591. The minimum absolute atomic E-state index is 0.0484. The highest BCUT2D eigenvalue weighted by atomic mass is 19.1. The molecule has 1 aromatic heterocycles. The standard InChI is InChI=1S/C30H37FN2O2/c1-3-5-7-8-9-11-12-23-14-19-28(27(31)20-23)35-30(34)26-17-15-25(16-18-26)29-32-21-24(22-33-29)13-10-6-4-2/h14-22H,3-13H2,1-2H3. The number of aromatic nitrogens is 2. The van der Waals surface area contributed by atoms with Crippen LogP contribution in [0.4, 0.5) is 4.39 Å². The van der Waals surface area contributed by atoms with Crippen molar-refractivity contribution < 1.29 is 13.9 Å². The van der Waals surface area contributed by atoms with Gasteiger partial charge in [-0.25, -0.2) is 19.2 Å². The number of unbranched alkanes of at least 4 members (excludes halogenated alkanes) is 7. The summed E-state index contributed by atoms with van der Waals surface area (Å²) >= 11 is 0. The second kappa shape index (κ2) is 14.3. The predicted octanol–water partition coefficient (Wildman–Crippen LogP) is 8.14. The average Bonchev–Trinajstić information content (AvgIpc) is 2.88. The van der Waals surface area contributed by atoms with Crippen LogP contribution in [0.3, 0.4) is 0 Å². The molecule has 0 N–H and O–H groups in total. The molecule has 0 bridgehead atoms. The van der Waals surface area contributed by atoms with Crippen molar-refractivity contribution in [1.82, 2.24) is 9.97 Å². The number of halogens is 1. The number of carbonyl (C=O) groups excluding carboxylic acids is 1. The highest BCUT2D eigenvalue weighted by Gasteiger charge is 2.13. The second-order valence-corrected chi connectivity index (χ2v) is 9.12. The molecule has 0 unspecified atom stereocenters. The highest BCUT2D eigenvalue weighted by molar-refractivity contribution is 5.91. The third-order valence-corrected chi connectivity index (χ3v) is 6.17. The molecule has 0 aliphatic rings. The summed E-state index contributed by atoms with van der Waals surface area (Å²) in [6.45, 7) is 4.39. The summed E-state index contributed by atoms with van der Waals surface area (Å²) in [7, 11) is 0. The summed E-state index contributed by atoms with van der Waals surface area (Å²) in [4.78, 5) is 21.5. The molecular weight excluding hydrogens is 439 g/mol. The van der Waals surface area contributed by atoms with Crippen molar-refractivity contribution in [3.05, 3.63) is 77.4 Å². The molecule has 186 valence electrons. The van der Waals surface area contributed by atoms with E-state index in [-0.39, 0.29) is 5.75 Å². The topological polar surface area (TPSA) is 52.1 Å². The van der Waals surface area contributed by atoms with Crippen LogP contribution in [-0.4, -0.2) is 15.9 Å². The third-order valence-electron chi connectivity index (χ3n) is 6.17. The Bertz CT molecular complexity index is 1050. The fourth-order valence-corrected chi connectivity index (χ4v) is 4.02. The van der Waals surface area contributed by atoms with Gasteiger partial charge in [-0.3, -0.25) is 0 Å². The molecule has 0 aliphatic heterocycles. The normalized spacial score (nSPS) is 10.9. The zero-order chi connectivity index (χ0) is 24.9. The first kappa shape index (κ1) is 26.5. The van der Waals surface area contributed by atoms with Crippen LogP contribution in [0.5, 0.6) is 5.75 Å². The van der Waals surface area contributed by atoms with E-state index < -0.39 is 11.8 Å². The first-order chi connectivity index (χ1) is 17.1. The fraction of sp³-hybridized carbons (Fsp3) is 0.433. The maximum Gasteiger partial charge on any atom is 0.343 e. The number of nitrogens with zero attached hydrogens (tertiary/aromatic N) is 2. The van der Waals surface area contributed by atoms with Crippen molar-refractivity contribution in [3.8, 4) is 17.1 Å². The molecule has 5 heteroatoms. The molecule has 0 spiro atoms. The van der Waals surface area contributed by atoms with E-state index in [1.807, 2.05) is 18.5 Å². The largest absolute Gasteiger partial charge is 0.420 e. The van der Waals surface area contributed by atoms with Gasteiger partial charge >= 0.3 is 5.97 Å². The molecule has 0 radical (unpaired) electrons. The third kappa shape index (κ3) is 8.57. The fourth-order valence-electron chi connectivity index (χ4n) is 4.02. The van der Waals surface area contributed by atoms with Gasteiger partial charge < -0.3 is 4.74 Å². The van der Waals surface area contributed by atoms with Crippen molar-refractivity contribution >= 4 is 5.97 Å². The molecule has 0 fully saturated rings. The van der Waals surface area contributed by atoms with Gasteiger partial charge in [0.05, 0.1) is 5.56 Å². The van der Waals surface area contributed by atoms with Gasteiger partial charge in [-0.15, -0.1) is 0 Å². The lowest BCUT2D eigenvalue weighted by molar-refractivity contribution is 0.0728. The first-order valence-corrected chi connectivity index (χ1v) is 13.0. The number of esters is 1. The van der Waals surface area contributed by atoms with Crippen molar-refractivity contribution in [2.75, 3.05) is 0 Å². The Labute approximate surface area is 209 Å². The van der Waals surface area contributed by atoms with Gasteiger partial charge in [0.2, 0.25) is 0 Å². The van der Waals surface area contributed by atoms with Gasteiger partial charge in [-0.1, -0.05) is 77.0 Å². The van der Waals surface area contributed by atoms with Crippen molar-refractivity contribution in [3.63, 3.8) is 0 Å². The molecule has 4 nitrogen and oxygen atoms in total. The Balaban J connectivity index is 1.52. The number of benzene rings is 2. The molecule has 0 atom stereocenters. The van der Waals surface area contributed by atoms with E-state index in [4.69, 9.17) is 4.74 Å². The maximum absolute atomic E-state index is 14.5. The molecule has 0 amide bonds. The van der Waals surface area contributed by atoms with Crippen LogP contribution in [0.2, 0.25) is 0 Å². The van der Waals surface area contributed by atoms with Crippen LogP contribution in [0.25, 0.3) is 11.4 Å². The summed E-state index contributed by atoms with van der Waals surface area (Å²) in [5, 5.41) is 0. The number of hydrogen-bond donors (Lipinski definition) is 0. The van der Waals surface area contributed by atoms with Crippen LogP contribution in [-0.2, 0) is 12.8 Å². The molecule has 0 saturated carbocycles. The number of ether oxygens (including phenoxy) is 1. The SMILES string of the molecule is CCCCCCCCc1ccc(OC(=O)c2ccc(-c3ncc(CCCCC)cn3)cc2)c(F)c1. The van der Waals surface area contributed by atoms with E-state index in [0.29, 0.717) is 11.4 Å². The van der Waals surface area contributed by atoms with Crippen LogP contribution in [0.15, 0.2) is 54.9 Å². The Hall–Kier alpha value is -3.08. The van der Waals surface area contributed by atoms with E-state index in [2.05, 4.69) is 23.8 Å². The lowest BCUT2D eigenvalue weighted by Gasteiger charge is -2.08. The number of rotatable bonds is 14. The maximum atomic E-state index is 14.5. The lowest BCUT2D eigenvalue weighted by Crippen LogP contribution is -2.09. The van der Waals surface area contributed by atoms with Crippen molar-refractivity contribution in [1.29, 1.82) is 0 Å². The summed E-state index contributed by atoms with van der Waals surface area (Å²) in [6, 6.07) is 11.7. The van der Waals surface area contributed by atoms with Gasteiger partial charge in [0.25, 0.3) is 0 Å². The molecule has 1 heterocycles. The van der Waals surface area contributed by atoms with Crippen LogP contribution < -0.4 is 4.74 Å². The number of carbonyl (C=O) groups is 1. The van der Waals surface area contributed by atoms with Gasteiger partial charge in [0, 0.05) is 18.0 Å². The molecular formula is C30H37FN2O2. The molecule has 3 aromatic rings. The average molecular weight is 477 g/mol. The summed E-state index contributed by atoms with van der Waals surface area (Å²) in [5.74, 6) is -0.541. The quantitative estimate of drug-likeness (QED) is 0.134. The zero-order valence-corrected chi connectivity index (χ0v) is 21.1. The Morgan fingerprint density at radius 2 is 1.37 bits per heavy atom. The molecule has 35 heavy (non-hydrogen) atoms. The predicted molar refractivity (Wildman–Crippen MR) is 139 cm³/mol. The van der Waals surface area contributed by atoms with Gasteiger partial charge in [0.15, 0.2) is 17.4 Å². The molecule has 0 aliphatic carbocycles. The van der Waals surface area contributed by atoms with Crippen molar-refractivity contribution in [2.45, 2.75) is 84.5 Å². The second-order valence-electron chi connectivity index (χ2n) is 9.12. The zero-order valence-electron chi connectivity index (χ0n) is 21.1. The van der Waals surface area contributed by atoms with Gasteiger partial charge in [-0.2, -0.15) is 0 Å². The number of aryl methyl sites for hydroxylation is 2. The molecule has 2 aromatic carbocycles. The van der Waals surface area contributed by atoms with E-state index in [9.17, 15) is 9.18 Å². The van der Waals surface area contributed by atoms with Crippen LogP contribution >= 0.6 is 0 Å². The van der Waals surface area contributed by atoms with Crippen molar-refractivity contribution in [2.24, 2.45) is 0 Å². The van der Waals surface area contributed by atoms with E-state index in [1.165, 1.54) is 44.6 Å². The summed E-state index contributed by atoms with van der Waals surface area (Å²) in [5.41, 5.74) is 3.22. The minimum Gasteiger partial charge on any atom is -0.420 e. The first-order valence-electron chi connectivity index (χ1n) is 13.0. The van der Waals surface area contributed by atoms with E-state index in [1.54, 1.807) is 30.3 Å². The lowest BCUT2D eigenvalue weighted by atomic mass is 10.0. The van der Waals surface area contributed by atoms with Crippen LogP contribution in [0.1, 0.15) is 93.1 Å². The highest BCUT2D eigenvalue weighted by Crippen LogP contribution is 2.22. The van der Waals surface area contributed by atoms with Crippen LogP contribution in [0, 0.1) is 5.82 Å². The van der Waals surface area contributed by atoms with E-state index >= 15 is 0 Å². The number of hydrogen-bond acceptors (Lipinski definition) is 4. The molecule has 0 saturated heterocycles.